The van der Waals surface area contributed by atoms with Crippen molar-refractivity contribution in [2.45, 2.75) is 26.9 Å². The Kier molecular flexibility index (Phi) is 5.72. The fourth-order valence-corrected chi connectivity index (χ4v) is 2.44. The zero-order valence-corrected chi connectivity index (χ0v) is 14.7. The van der Waals surface area contributed by atoms with Gasteiger partial charge in [-0.1, -0.05) is 0 Å². The summed E-state index contributed by atoms with van der Waals surface area (Å²) in [5.74, 6) is -2.33. The molecule has 9 heteroatoms. The number of hydrogen-bond donors (Lipinski definition) is 1. The number of carbonyl (C=O) groups is 3. The van der Waals surface area contributed by atoms with E-state index in [1.165, 1.54) is 13.8 Å². The van der Waals surface area contributed by atoms with Crippen LogP contribution in [0, 0.1) is 6.92 Å². The van der Waals surface area contributed by atoms with E-state index in [4.69, 9.17) is 9.15 Å². The summed E-state index contributed by atoms with van der Waals surface area (Å²) in [5, 5.41) is 2.30. The Morgan fingerprint density at radius 2 is 1.70 bits per heavy atom. The minimum atomic E-state index is -4.53. The summed E-state index contributed by atoms with van der Waals surface area (Å²) in [6, 6.07) is 3.50. The van der Waals surface area contributed by atoms with Gasteiger partial charge in [-0.3, -0.25) is 14.9 Å². The van der Waals surface area contributed by atoms with Gasteiger partial charge < -0.3 is 9.15 Å². The Labute approximate surface area is 152 Å². The highest BCUT2D eigenvalue weighted by molar-refractivity contribution is 6.12. The van der Waals surface area contributed by atoms with Crippen molar-refractivity contribution in [3.8, 4) is 0 Å². The molecule has 1 N–H and O–H groups in total. The van der Waals surface area contributed by atoms with E-state index < -0.39 is 29.4 Å². The number of ether oxygens (including phenoxy) is 1. The van der Waals surface area contributed by atoms with Crippen LogP contribution in [0.4, 0.5) is 19.1 Å². The van der Waals surface area contributed by atoms with E-state index in [0.717, 1.165) is 24.3 Å². The number of carbonyl (C=O) groups excluding carboxylic acids is 3. The summed E-state index contributed by atoms with van der Waals surface area (Å²) in [6.45, 7) is 4.26. The van der Waals surface area contributed by atoms with Gasteiger partial charge in [-0.15, -0.1) is 0 Å². The van der Waals surface area contributed by atoms with Crippen LogP contribution in [-0.4, -0.2) is 24.3 Å². The predicted octanol–water partition coefficient (Wildman–Crippen LogP) is 4.24. The summed E-state index contributed by atoms with van der Waals surface area (Å²) < 4.78 is 48.0. The first kappa shape index (κ1) is 20.2. The number of halogens is 3. The van der Waals surface area contributed by atoms with Crippen LogP contribution in [0.3, 0.4) is 0 Å². The normalized spacial score (nSPS) is 11.2. The molecule has 0 saturated heterocycles. The summed E-state index contributed by atoms with van der Waals surface area (Å²) in [5.41, 5.74) is -1.26. The number of hydrogen-bond acceptors (Lipinski definition) is 5. The van der Waals surface area contributed by atoms with Gasteiger partial charge >= 0.3 is 12.1 Å². The second kappa shape index (κ2) is 7.65. The molecule has 0 fully saturated rings. The summed E-state index contributed by atoms with van der Waals surface area (Å²) in [6.07, 6.45) is -4.53. The number of aryl methyl sites for hydroxylation is 1. The van der Waals surface area contributed by atoms with Crippen LogP contribution in [0.2, 0.25) is 0 Å². The number of amides is 1. The molecule has 0 aliphatic rings. The van der Waals surface area contributed by atoms with E-state index in [1.54, 1.807) is 6.92 Å². The van der Waals surface area contributed by atoms with Crippen molar-refractivity contribution >= 4 is 23.5 Å². The average molecular weight is 383 g/mol. The Hall–Kier alpha value is -3.10. The zero-order chi connectivity index (χ0) is 20.4. The first-order valence-corrected chi connectivity index (χ1v) is 7.86. The Bertz CT molecular complexity index is 882. The molecule has 0 saturated carbocycles. The number of ketones is 1. The average Bonchev–Trinajstić information content (AvgIpc) is 2.90. The Morgan fingerprint density at radius 1 is 1.11 bits per heavy atom. The standard InChI is InChI=1S/C18H16F3NO5/c1-4-26-17(25)14-13(9(2)23)10(3)27-16(14)22-15(24)11-5-7-12(8-6-11)18(19,20)21/h5-8H,4H2,1-3H3,(H,22,24). The molecule has 6 nitrogen and oxygen atoms in total. The van der Waals surface area contributed by atoms with Crippen LogP contribution in [-0.2, 0) is 10.9 Å². The van der Waals surface area contributed by atoms with Crippen molar-refractivity contribution in [2.75, 3.05) is 11.9 Å². The highest BCUT2D eigenvalue weighted by atomic mass is 19.4. The van der Waals surface area contributed by atoms with Crippen molar-refractivity contribution in [2.24, 2.45) is 0 Å². The lowest BCUT2D eigenvalue weighted by atomic mass is 10.1. The third kappa shape index (κ3) is 4.36. The maximum Gasteiger partial charge on any atom is 0.416 e. The van der Waals surface area contributed by atoms with Gasteiger partial charge in [0, 0.05) is 5.56 Å². The van der Waals surface area contributed by atoms with E-state index >= 15 is 0 Å². The van der Waals surface area contributed by atoms with Crippen molar-refractivity contribution in [3.63, 3.8) is 0 Å². The minimum absolute atomic E-state index is 0.0313. The second-order valence-corrected chi connectivity index (χ2v) is 5.54. The maximum atomic E-state index is 12.6. The molecule has 0 aliphatic carbocycles. The minimum Gasteiger partial charge on any atom is -0.462 e. The van der Waals surface area contributed by atoms with Crippen LogP contribution in [0.1, 0.15) is 56.2 Å². The van der Waals surface area contributed by atoms with Crippen LogP contribution < -0.4 is 5.32 Å². The molecule has 0 unspecified atom stereocenters. The van der Waals surface area contributed by atoms with Crippen molar-refractivity contribution in [3.05, 3.63) is 52.3 Å². The SMILES string of the molecule is CCOC(=O)c1c(NC(=O)c2ccc(C(F)(F)F)cc2)oc(C)c1C(C)=O. The quantitative estimate of drug-likeness (QED) is 0.617. The van der Waals surface area contributed by atoms with E-state index in [-0.39, 0.29) is 34.9 Å². The van der Waals surface area contributed by atoms with Crippen LogP contribution in [0.25, 0.3) is 0 Å². The fraction of sp³-hybridized carbons (Fsp3) is 0.278. The lowest BCUT2D eigenvalue weighted by Crippen LogP contribution is -2.16. The van der Waals surface area contributed by atoms with Gasteiger partial charge in [-0.25, -0.2) is 4.79 Å². The van der Waals surface area contributed by atoms with Gasteiger partial charge in [0.1, 0.15) is 11.3 Å². The first-order valence-electron chi connectivity index (χ1n) is 7.86. The lowest BCUT2D eigenvalue weighted by molar-refractivity contribution is -0.137. The number of Topliss-reactive ketones (excluding diaryl/α,β-unsaturated/α-hetero) is 1. The smallest absolute Gasteiger partial charge is 0.416 e. The number of esters is 1. The molecule has 0 radical (unpaired) electrons. The van der Waals surface area contributed by atoms with Gasteiger partial charge in [-0.2, -0.15) is 13.2 Å². The Morgan fingerprint density at radius 3 is 2.19 bits per heavy atom. The Balaban J connectivity index is 2.36. The molecule has 0 bridgehead atoms. The van der Waals surface area contributed by atoms with Crippen molar-refractivity contribution < 1.29 is 36.7 Å². The lowest BCUT2D eigenvalue weighted by Gasteiger charge is -2.08. The highest BCUT2D eigenvalue weighted by Crippen LogP contribution is 2.30. The zero-order valence-electron chi connectivity index (χ0n) is 14.7. The van der Waals surface area contributed by atoms with E-state index in [9.17, 15) is 27.6 Å². The summed E-state index contributed by atoms with van der Waals surface area (Å²) in [7, 11) is 0. The molecule has 0 aliphatic heterocycles. The molecular formula is C18H16F3NO5. The molecule has 0 spiro atoms. The van der Waals surface area contributed by atoms with Gasteiger partial charge in [0.05, 0.1) is 17.7 Å². The molecule has 1 heterocycles. The number of alkyl halides is 3. The van der Waals surface area contributed by atoms with Gasteiger partial charge in [0.15, 0.2) is 5.78 Å². The van der Waals surface area contributed by atoms with Gasteiger partial charge in [-0.05, 0) is 45.0 Å². The second-order valence-electron chi connectivity index (χ2n) is 5.54. The van der Waals surface area contributed by atoms with Crippen LogP contribution in [0.15, 0.2) is 28.7 Å². The monoisotopic (exact) mass is 383 g/mol. The summed E-state index contributed by atoms with van der Waals surface area (Å²) in [4.78, 5) is 36.3. The fourth-order valence-electron chi connectivity index (χ4n) is 2.44. The molecule has 2 rings (SSSR count). The van der Waals surface area contributed by atoms with E-state index in [1.807, 2.05) is 0 Å². The first-order chi connectivity index (χ1) is 12.6. The van der Waals surface area contributed by atoms with Crippen LogP contribution in [0.5, 0.6) is 0 Å². The molecule has 2 aromatic rings. The molecule has 1 aromatic carbocycles. The third-order valence-corrected chi connectivity index (χ3v) is 3.62. The van der Waals surface area contributed by atoms with E-state index in [2.05, 4.69) is 5.32 Å². The highest BCUT2D eigenvalue weighted by Gasteiger charge is 2.31. The molecular weight excluding hydrogens is 367 g/mol. The number of benzene rings is 1. The third-order valence-electron chi connectivity index (χ3n) is 3.62. The largest absolute Gasteiger partial charge is 0.462 e. The topological polar surface area (TPSA) is 85.6 Å². The molecule has 144 valence electrons. The molecule has 0 atom stereocenters. The number of nitrogens with one attached hydrogen (secondary N) is 1. The van der Waals surface area contributed by atoms with Gasteiger partial charge in [0.2, 0.25) is 5.88 Å². The van der Waals surface area contributed by atoms with Crippen molar-refractivity contribution in [1.82, 2.24) is 0 Å². The molecule has 27 heavy (non-hydrogen) atoms. The van der Waals surface area contributed by atoms with Crippen molar-refractivity contribution in [1.29, 1.82) is 0 Å². The maximum absolute atomic E-state index is 12.6. The predicted molar refractivity (Wildman–Crippen MR) is 88.8 cm³/mol. The summed E-state index contributed by atoms with van der Waals surface area (Å²) >= 11 is 0. The van der Waals surface area contributed by atoms with E-state index in [0.29, 0.717) is 0 Å². The molecule has 1 amide bonds. The number of rotatable bonds is 5. The number of furan rings is 1. The molecule has 1 aromatic heterocycles. The number of anilines is 1. The van der Waals surface area contributed by atoms with Crippen LogP contribution >= 0.6 is 0 Å². The van der Waals surface area contributed by atoms with Gasteiger partial charge in [0.25, 0.3) is 5.91 Å².